The van der Waals surface area contributed by atoms with Gasteiger partial charge in [0, 0.05) is 0 Å². The molecule has 0 aliphatic heterocycles. The molecule has 0 aliphatic carbocycles. The Bertz CT molecular complexity index is 823. The van der Waals surface area contributed by atoms with Crippen molar-refractivity contribution >= 4 is 10.9 Å². The molecule has 0 fully saturated rings. The first-order valence-corrected chi connectivity index (χ1v) is 6.04. The zero-order chi connectivity index (χ0) is 14.1. The molecule has 3 rings (SSSR count). The molecule has 2 N–H and O–H groups in total. The Hall–Kier alpha value is -2.82. The van der Waals surface area contributed by atoms with Crippen molar-refractivity contribution in [3.8, 4) is 22.6 Å². The van der Waals surface area contributed by atoms with Crippen LogP contribution in [0.4, 0.5) is 0 Å². The number of aromatic hydroxyl groups is 1. The Balaban J connectivity index is 2.21. The highest BCUT2D eigenvalue weighted by atomic mass is 16.5. The predicted molar refractivity (Wildman–Crippen MR) is 76.0 cm³/mol. The number of aromatic amines is 1. The van der Waals surface area contributed by atoms with E-state index in [1.165, 1.54) is 6.33 Å². The predicted octanol–water partition coefficient (Wildman–Crippen LogP) is 2.30. The SMILES string of the molecule is COc1ccc(-c2cc(O)c3nc[nH]c(=O)c3c2)cc1. The van der Waals surface area contributed by atoms with Gasteiger partial charge >= 0.3 is 0 Å². The Kier molecular flexibility index (Phi) is 2.87. The van der Waals surface area contributed by atoms with Gasteiger partial charge in [-0.3, -0.25) is 4.79 Å². The third kappa shape index (κ3) is 1.99. The van der Waals surface area contributed by atoms with Crippen molar-refractivity contribution in [1.29, 1.82) is 0 Å². The molecule has 1 heterocycles. The lowest BCUT2D eigenvalue weighted by molar-refractivity contribution is 0.415. The summed E-state index contributed by atoms with van der Waals surface area (Å²) in [5.74, 6) is 0.734. The number of H-pyrrole nitrogens is 1. The minimum Gasteiger partial charge on any atom is -0.506 e. The lowest BCUT2D eigenvalue weighted by Crippen LogP contribution is -2.06. The van der Waals surface area contributed by atoms with Crippen LogP contribution in [-0.4, -0.2) is 22.2 Å². The largest absolute Gasteiger partial charge is 0.506 e. The number of hydrogen-bond acceptors (Lipinski definition) is 4. The quantitative estimate of drug-likeness (QED) is 0.747. The molecular formula is C15H12N2O3. The molecule has 0 unspecified atom stereocenters. The second-order valence-electron chi connectivity index (χ2n) is 4.35. The zero-order valence-corrected chi connectivity index (χ0v) is 10.8. The number of fused-ring (bicyclic) bond motifs is 1. The number of nitrogens with one attached hydrogen (secondary N) is 1. The second kappa shape index (κ2) is 4.70. The molecule has 0 atom stereocenters. The molecule has 0 spiro atoms. The van der Waals surface area contributed by atoms with Crippen LogP contribution in [0.1, 0.15) is 0 Å². The van der Waals surface area contributed by atoms with Gasteiger partial charge in [-0.2, -0.15) is 0 Å². The molecule has 100 valence electrons. The van der Waals surface area contributed by atoms with E-state index in [1.807, 2.05) is 24.3 Å². The third-order valence-corrected chi connectivity index (χ3v) is 3.15. The second-order valence-corrected chi connectivity index (χ2v) is 4.35. The average Bonchev–Trinajstić information content (AvgIpc) is 2.48. The number of hydrogen-bond donors (Lipinski definition) is 2. The van der Waals surface area contributed by atoms with Crippen molar-refractivity contribution in [2.24, 2.45) is 0 Å². The van der Waals surface area contributed by atoms with Gasteiger partial charge in [0.1, 0.15) is 17.0 Å². The molecular weight excluding hydrogens is 256 g/mol. The molecule has 20 heavy (non-hydrogen) atoms. The molecule has 3 aromatic rings. The van der Waals surface area contributed by atoms with E-state index in [0.717, 1.165) is 16.9 Å². The lowest BCUT2D eigenvalue weighted by atomic mass is 10.0. The van der Waals surface area contributed by atoms with Crippen LogP contribution in [0.25, 0.3) is 22.0 Å². The topological polar surface area (TPSA) is 75.2 Å². The standard InChI is InChI=1S/C15H12N2O3/c1-20-11-4-2-9(3-5-11)10-6-12-14(13(18)7-10)16-8-17-15(12)19/h2-8,18H,1H3,(H,16,17,19). The molecule has 0 radical (unpaired) electrons. The maximum atomic E-state index is 11.8. The molecule has 1 aromatic heterocycles. The van der Waals surface area contributed by atoms with E-state index < -0.39 is 0 Å². The molecule has 0 saturated heterocycles. The number of methoxy groups -OCH3 is 1. The summed E-state index contributed by atoms with van der Waals surface area (Å²) < 4.78 is 5.10. The zero-order valence-electron chi connectivity index (χ0n) is 10.8. The molecule has 0 bridgehead atoms. The summed E-state index contributed by atoms with van der Waals surface area (Å²) in [5.41, 5.74) is 1.65. The molecule has 0 aliphatic rings. The first kappa shape index (κ1) is 12.2. The number of phenolic OH excluding ortho intramolecular Hbond substituents is 1. The summed E-state index contributed by atoms with van der Waals surface area (Å²) in [7, 11) is 1.60. The minimum atomic E-state index is -0.277. The Morgan fingerprint density at radius 1 is 1.15 bits per heavy atom. The van der Waals surface area contributed by atoms with Crippen LogP contribution in [0.3, 0.4) is 0 Å². The molecule has 0 amide bonds. The van der Waals surface area contributed by atoms with Crippen molar-refractivity contribution in [2.75, 3.05) is 7.11 Å². The van der Waals surface area contributed by atoms with Crippen LogP contribution in [0, 0.1) is 0 Å². The number of nitrogens with zero attached hydrogens (tertiary/aromatic N) is 1. The Labute approximate surface area is 114 Å². The van der Waals surface area contributed by atoms with E-state index in [1.54, 1.807) is 19.2 Å². The van der Waals surface area contributed by atoms with Crippen LogP contribution < -0.4 is 10.3 Å². The number of aromatic nitrogens is 2. The molecule has 5 nitrogen and oxygen atoms in total. The third-order valence-electron chi connectivity index (χ3n) is 3.15. The summed E-state index contributed by atoms with van der Waals surface area (Å²) in [6, 6.07) is 10.7. The number of benzene rings is 2. The molecule has 0 saturated carbocycles. The van der Waals surface area contributed by atoms with Gasteiger partial charge in [0.15, 0.2) is 0 Å². The highest BCUT2D eigenvalue weighted by molar-refractivity contribution is 5.88. The van der Waals surface area contributed by atoms with Crippen LogP contribution in [0.15, 0.2) is 47.5 Å². The molecule has 2 aromatic carbocycles. The van der Waals surface area contributed by atoms with Gasteiger partial charge in [-0.15, -0.1) is 0 Å². The van der Waals surface area contributed by atoms with Crippen molar-refractivity contribution in [2.45, 2.75) is 0 Å². The van der Waals surface area contributed by atoms with Crippen molar-refractivity contribution in [1.82, 2.24) is 9.97 Å². The van der Waals surface area contributed by atoms with Crippen LogP contribution in [0.2, 0.25) is 0 Å². The molecule has 5 heteroatoms. The monoisotopic (exact) mass is 268 g/mol. The van der Waals surface area contributed by atoms with Gasteiger partial charge in [0.05, 0.1) is 18.8 Å². The van der Waals surface area contributed by atoms with E-state index in [0.29, 0.717) is 10.9 Å². The summed E-state index contributed by atoms with van der Waals surface area (Å²) in [4.78, 5) is 18.3. The lowest BCUT2D eigenvalue weighted by Gasteiger charge is -2.06. The van der Waals surface area contributed by atoms with Gasteiger partial charge < -0.3 is 14.8 Å². The smallest absolute Gasteiger partial charge is 0.258 e. The van der Waals surface area contributed by atoms with Gasteiger partial charge in [-0.25, -0.2) is 4.98 Å². The van der Waals surface area contributed by atoms with E-state index in [2.05, 4.69) is 9.97 Å². The average molecular weight is 268 g/mol. The number of rotatable bonds is 2. The van der Waals surface area contributed by atoms with E-state index >= 15 is 0 Å². The van der Waals surface area contributed by atoms with E-state index in [9.17, 15) is 9.90 Å². The maximum absolute atomic E-state index is 11.8. The Morgan fingerprint density at radius 2 is 1.90 bits per heavy atom. The summed E-state index contributed by atoms with van der Waals surface area (Å²) in [5, 5.41) is 10.4. The summed E-state index contributed by atoms with van der Waals surface area (Å²) in [6.45, 7) is 0. The van der Waals surface area contributed by atoms with E-state index in [-0.39, 0.29) is 11.3 Å². The summed E-state index contributed by atoms with van der Waals surface area (Å²) >= 11 is 0. The van der Waals surface area contributed by atoms with Crippen LogP contribution in [0.5, 0.6) is 11.5 Å². The van der Waals surface area contributed by atoms with E-state index in [4.69, 9.17) is 4.74 Å². The maximum Gasteiger partial charge on any atom is 0.258 e. The number of ether oxygens (including phenoxy) is 1. The van der Waals surface area contributed by atoms with Crippen molar-refractivity contribution < 1.29 is 9.84 Å². The van der Waals surface area contributed by atoms with Crippen LogP contribution >= 0.6 is 0 Å². The summed E-state index contributed by atoms with van der Waals surface area (Å²) in [6.07, 6.45) is 1.28. The van der Waals surface area contributed by atoms with Gasteiger partial charge in [-0.05, 0) is 35.4 Å². The first-order valence-electron chi connectivity index (χ1n) is 6.04. The highest BCUT2D eigenvalue weighted by Crippen LogP contribution is 2.29. The Morgan fingerprint density at radius 3 is 2.60 bits per heavy atom. The normalized spacial score (nSPS) is 10.7. The highest BCUT2D eigenvalue weighted by Gasteiger charge is 2.08. The fraction of sp³-hybridized carbons (Fsp3) is 0.0667. The minimum absolute atomic E-state index is 0.0144. The van der Waals surface area contributed by atoms with Gasteiger partial charge in [0.25, 0.3) is 5.56 Å². The van der Waals surface area contributed by atoms with Crippen LogP contribution in [-0.2, 0) is 0 Å². The van der Waals surface area contributed by atoms with Gasteiger partial charge in [0.2, 0.25) is 0 Å². The van der Waals surface area contributed by atoms with Gasteiger partial charge in [-0.1, -0.05) is 12.1 Å². The number of phenols is 1. The van der Waals surface area contributed by atoms with Crippen molar-refractivity contribution in [3.63, 3.8) is 0 Å². The first-order chi connectivity index (χ1) is 9.69. The fourth-order valence-corrected chi connectivity index (χ4v) is 2.11. The van der Waals surface area contributed by atoms with Crippen molar-refractivity contribution in [3.05, 3.63) is 53.1 Å². The fourth-order valence-electron chi connectivity index (χ4n) is 2.11.